The molecule has 6 nitrogen and oxygen atoms in total. The summed E-state index contributed by atoms with van der Waals surface area (Å²) < 4.78 is 4.72. The molecule has 6 heteroatoms. The summed E-state index contributed by atoms with van der Waals surface area (Å²) in [6.45, 7) is 2.27. The topological polar surface area (TPSA) is 82.1 Å². The minimum atomic E-state index is -0.442. The van der Waals surface area contributed by atoms with Gasteiger partial charge >= 0.3 is 5.69 Å². The lowest BCUT2D eigenvalue weighted by Gasteiger charge is -2.04. The lowest BCUT2D eigenvalue weighted by molar-refractivity contribution is -0.383. The molecule has 0 saturated heterocycles. The predicted octanol–water partition coefficient (Wildman–Crippen LogP) is 7.15. The van der Waals surface area contributed by atoms with Crippen LogP contribution in [0.1, 0.15) is 102 Å². The van der Waals surface area contributed by atoms with Crippen LogP contribution in [-0.4, -0.2) is 15.2 Å². The van der Waals surface area contributed by atoms with Crippen molar-refractivity contribution in [3.63, 3.8) is 0 Å². The van der Waals surface area contributed by atoms with E-state index in [9.17, 15) is 10.1 Å². The average Bonchev–Trinajstić information content (AvgIpc) is 3.18. The van der Waals surface area contributed by atoms with Crippen molar-refractivity contribution in [3.05, 3.63) is 27.8 Å². The molecule has 1 aromatic carbocycles. The standard InChI is InChI=1S/C22H35N3O3/c1-2-3-4-5-6-7-8-9-10-11-12-13-14-15-16-19-17-18-20(25(26)27)22-21(19)23-28-24-22/h17-18H,2-16H2,1H3. The second kappa shape index (κ2) is 13.2. The minimum Gasteiger partial charge on any atom is -0.258 e. The van der Waals surface area contributed by atoms with E-state index in [0.29, 0.717) is 5.52 Å². The monoisotopic (exact) mass is 389 g/mol. The van der Waals surface area contributed by atoms with Crippen LogP contribution >= 0.6 is 0 Å². The summed E-state index contributed by atoms with van der Waals surface area (Å²) in [5.41, 5.74) is 1.73. The molecule has 0 N–H and O–H groups in total. The first-order valence-corrected chi connectivity index (χ1v) is 11.1. The van der Waals surface area contributed by atoms with Crippen LogP contribution in [-0.2, 0) is 6.42 Å². The molecule has 0 saturated carbocycles. The quantitative estimate of drug-likeness (QED) is 0.173. The molecule has 2 aromatic rings. The van der Waals surface area contributed by atoms with Gasteiger partial charge in [-0.05, 0) is 34.8 Å². The zero-order valence-electron chi connectivity index (χ0n) is 17.3. The van der Waals surface area contributed by atoms with E-state index in [2.05, 4.69) is 17.2 Å². The Morgan fingerprint density at radius 3 is 1.82 bits per heavy atom. The molecule has 0 unspecified atom stereocenters. The van der Waals surface area contributed by atoms with Gasteiger partial charge in [0.2, 0.25) is 5.52 Å². The summed E-state index contributed by atoms with van der Waals surface area (Å²) in [4.78, 5) is 10.6. The maximum Gasteiger partial charge on any atom is 0.300 e. The first-order chi connectivity index (χ1) is 13.7. The fourth-order valence-electron chi connectivity index (χ4n) is 3.76. The zero-order valence-corrected chi connectivity index (χ0v) is 17.3. The van der Waals surface area contributed by atoms with Crippen LogP contribution in [0.15, 0.2) is 16.8 Å². The summed E-state index contributed by atoms with van der Waals surface area (Å²) in [5.74, 6) is 0. The van der Waals surface area contributed by atoms with Crippen LogP contribution in [0.25, 0.3) is 11.0 Å². The molecule has 0 fully saturated rings. The van der Waals surface area contributed by atoms with Gasteiger partial charge in [0.25, 0.3) is 0 Å². The molecular weight excluding hydrogens is 354 g/mol. The highest BCUT2D eigenvalue weighted by Gasteiger charge is 2.19. The Labute approximate surface area is 168 Å². The number of nitrogens with zero attached hydrogens (tertiary/aromatic N) is 3. The second-order valence-corrected chi connectivity index (χ2v) is 7.81. The van der Waals surface area contributed by atoms with Crippen LogP contribution in [0, 0.1) is 10.1 Å². The van der Waals surface area contributed by atoms with Crippen molar-refractivity contribution >= 4 is 16.7 Å². The van der Waals surface area contributed by atoms with E-state index in [0.717, 1.165) is 18.4 Å². The number of rotatable bonds is 16. The fraction of sp³-hybridized carbons (Fsp3) is 0.727. The third kappa shape index (κ3) is 7.56. The van der Waals surface area contributed by atoms with Gasteiger partial charge in [-0.2, -0.15) is 0 Å². The minimum absolute atomic E-state index is 0.0408. The Morgan fingerprint density at radius 2 is 1.29 bits per heavy atom. The van der Waals surface area contributed by atoms with Crippen molar-refractivity contribution in [1.29, 1.82) is 0 Å². The molecule has 1 aromatic heterocycles. The molecule has 0 amide bonds. The smallest absolute Gasteiger partial charge is 0.258 e. The van der Waals surface area contributed by atoms with Crippen molar-refractivity contribution in [1.82, 2.24) is 10.3 Å². The fourth-order valence-corrected chi connectivity index (χ4v) is 3.76. The zero-order chi connectivity index (χ0) is 20.0. The average molecular weight is 390 g/mol. The third-order valence-electron chi connectivity index (χ3n) is 5.47. The maximum absolute atomic E-state index is 11.0. The van der Waals surface area contributed by atoms with Crippen molar-refractivity contribution in [2.45, 2.75) is 103 Å². The van der Waals surface area contributed by atoms with Crippen LogP contribution in [0.4, 0.5) is 5.69 Å². The number of unbranched alkanes of at least 4 members (excludes halogenated alkanes) is 13. The van der Waals surface area contributed by atoms with E-state index in [4.69, 9.17) is 4.63 Å². The van der Waals surface area contributed by atoms with E-state index < -0.39 is 4.92 Å². The van der Waals surface area contributed by atoms with Crippen LogP contribution in [0.2, 0.25) is 0 Å². The highest BCUT2D eigenvalue weighted by atomic mass is 16.6. The molecule has 0 bridgehead atoms. The van der Waals surface area contributed by atoms with Gasteiger partial charge in [-0.1, -0.05) is 90.4 Å². The third-order valence-corrected chi connectivity index (χ3v) is 5.47. The predicted molar refractivity (Wildman–Crippen MR) is 112 cm³/mol. The van der Waals surface area contributed by atoms with E-state index in [1.165, 1.54) is 89.5 Å². The molecule has 156 valence electrons. The number of fused-ring (bicyclic) bond motifs is 1. The summed E-state index contributed by atoms with van der Waals surface area (Å²) in [5, 5.41) is 18.6. The number of hydrogen-bond acceptors (Lipinski definition) is 5. The van der Waals surface area contributed by atoms with Crippen LogP contribution in [0.5, 0.6) is 0 Å². The van der Waals surface area contributed by atoms with Crippen molar-refractivity contribution in [3.8, 4) is 0 Å². The summed E-state index contributed by atoms with van der Waals surface area (Å²) in [7, 11) is 0. The van der Waals surface area contributed by atoms with E-state index in [-0.39, 0.29) is 11.2 Å². The molecule has 1 heterocycles. The molecule has 28 heavy (non-hydrogen) atoms. The first kappa shape index (κ1) is 22.3. The summed E-state index contributed by atoms with van der Waals surface area (Å²) in [6, 6.07) is 3.29. The molecule has 0 atom stereocenters. The number of non-ortho nitro benzene ring substituents is 1. The number of nitro groups is 1. The van der Waals surface area contributed by atoms with Crippen molar-refractivity contribution < 1.29 is 9.55 Å². The molecular formula is C22H35N3O3. The van der Waals surface area contributed by atoms with E-state index in [1.807, 2.05) is 0 Å². The Bertz CT molecular complexity index is 699. The van der Waals surface area contributed by atoms with Gasteiger partial charge in [-0.15, -0.1) is 0 Å². The number of nitro benzene ring substituents is 1. The normalized spacial score (nSPS) is 11.3. The molecule has 0 aliphatic heterocycles. The second-order valence-electron chi connectivity index (χ2n) is 7.81. The number of benzene rings is 1. The number of aryl methyl sites for hydroxylation is 1. The molecule has 2 rings (SSSR count). The first-order valence-electron chi connectivity index (χ1n) is 11.1. The van der Waals surface area contributed by atoms with E-state index in [1.54, 1.807) is 6.07 Å². The molecule has 0 spiro atoms. The molecule has 0 aliphatic rings. The summed E-state index contributed by atoms with van der Waals surface area (Å²) in [6.07, 6.45) is 19.5. The number of aromatic nitrogens is 2. The Morgan fingerprint density at radius 1 is 0.786 bits per heavy atom. The van der Waals surface area contributed by atoms with Gasteiger partial charge in [-0.25, -0.2) is 4.63 Å². The van der Waals surface area contributed by atoms with Crippen LogP contribution < -0.4 is 0 Å². The van der Waals surface area contributed by atoms with Crippen molar-refractivity contribution in [2.24, 2.45) is 0 Å². The Balaban J connectivity index is 1.50. The van der Waals surface area contributed by atoms with Gasteiger partial charge in [0.05, 0.1) is 4.92 Å². The molecule has 0 aliphatic carbocycles. The molecule has 0 radical (unpaired) electrons. The Kier molecular flexibility index (Phi) is 10.5. The highest BCUT2D eigenvalue weighted by Crippen LogP contribution is 2.26. The van der Waals surface area contributed by atoms with Gasteiger partial charge in [-0.3, -0.25) is 10.1 Å². The SMILES string of the molecule is CCCCCCCCCCCCCCCCc1ccc([N+](=O)[O-])c2nonc12. The Hall–Kier alpha value is -1.98. The lowest BCUT2D eigenvalue weighted by atomic mass is 10.0. The summed E-state index contributed by atoms with van der Waals surface area (Å²) >= 11 is 0. The number of hydrogen-bond donors (Lipinski definition) is 0. The van der Waals surface area contributed by atoms with Gasteiger partial charge in [0.1, 0.15) is 5.52 Å². The highest BCUT2D eigenvalue weighted by molar-refractivity contribution is 5.85. The van der Waals surface area contributed by atoms with Gasteiger partial charge < -0.3 is 0 Å². The largest absolute Gasteiger partial charge is 0.300 e. The lowest BCUT2D eigenvalue weighted by Crippen LogP contribution is -1.93. The van der Waals surface area contributed by atoms with Gasteiger partial charge in [0, 0.05) is 6.07 Å². The van der Waals surface area contributed by atoms with Crippen LogP contribution in [0.3, 0.4) is 0 Å². The van der Waals surface area contributed by atoms with E-state index >= 15 is 0 Å². The maximum atomic E-state index is 11.0. The van der Waals surface area contributed by atoms with Crippen molar-refractivity contribution in [2.75, 3.05) is 0 Å². The van der Waals surface area contributed by atoms with Gasteiger partial charge in [0.15, 0.2) is 0 Å².